The number of nitrogen functional groups attached to an aromatic ring is 1. The van der Waals surface area contributed by atoms with Gasteiger partial charge < -0.3 is 21.7 Å². The van der Waals surface area contributed by atoms with Gasteiger partial charge in [-0.2, -0.15) is 5.26 Å². The first kappa shape index (κ1) is 24.2. The SMILES string of the molecule is N#Cc1ccc(Cl)c(Cc2ccccc2)c1.NCC1CN(C(=O)c2cncc(N)c2)CCN1. The number of amides is 1. The Morgan fingerprint density at radius 2 is 2.00 bits per heavy atom. The Labute approximate surface area is 199 Å². The van der Waals surface area contributed by atoms with Crippen molar-refractivity contribution >= 4 is 23.2 Å². The first-order chi connectivity index (χ1) is 16.0. The molecule has 1 unspecified atom stereocenters. The smallest absolute Gasteiger partial charge is 0.255 e. The number of anilines is 1. The average molecular weight is 463 g/mol. The Hall–Kier alpha value is -3.44. The van der Waals surface area contributed by atoms with Crippen molar-refractivity contribution in [3.05, 3.63) is 94.3 Å². The van der Waals surface area contributed by atoms with Gasteiger partial charge in [0.15, 0.2) is 0 Å². The Bertz CT molecular complexity index is 1120. The molecule has 5 N–H and O–H groups in total. The molecule has 4 rings (SSSR count). The van der Waals surface area contributed by atoms with Crippen LogP contribution < -0.4 is 16.8 Å². The van der Waals surface area contributed by atoms with E-state index in [2.05, 4.69) is 28.5 Å². The summed E-state index contributed by atoms with van der Waals surface area (Å²) >= 11 is 6.09. The number of carbonyl (C=O) groups is 1. The van der Waals surface area contributed by atoms with Gasteiger partial charge >= 0.3 is 0 Å². The maximum absolute atomic E-state index is 12.2. The zero-order chi connectivity index (χ0) is 23.6. The second-order valence-corrected chi connectivity index (χ2v) is 8.13. The number of benzene rings is 2. The van der Waals surface area contributed by atoms with Crippen molar-refractivity contribution in [3.8, 4) is 6.07 Å². The lowest BCUT2D eigenvalue weighted by Crippen LogP contribution is -2.55. The van der Waals surface area contributed by atoms with Crippen molar-refractivity contribution < 1.29 is 4.79 Å². The molecule has 0 radical (unpaired) electrons. The van der Waals surface area contributed by atoms with Crippen LogP contribution in [0.2, 0.25) is 5.02 Å². The van der Waals surface area contributed by atoms with Crippen LogP contribution in [0.5, 0.6) is 0 Å². The van der Waals surface area contributed by atoms with Crippen LogP contribution in [-0.2, 0) is 6.42 Å². The van der Waals surface area contributed by atoms with Crippen LogP contribution in [0.25, 0.3) is 0 Å². The summed E-state index contributed by atoms with van der Waals surface area (Å²) in [6.07, 6.45) is 3.82. The maximum atomic E-state index is 12.2. The number of pyridine rings is 1. The standard InChI is InChI=1S/C14H10ClN.C11H17N5O/c15-14-7-6-12(10-16)9-13(14)8-11-4-2-1-3-5-11;12-4-10-7-16(2-1-15-10)11(17)8-3-9(13)6-14-5-8/h1-7,9H,8H2;3,5-6,10,15H,1-2,4,7,12-13H2. The van der Waals surface area contributed by atoms with E-state index < -0.39 is 0 Å². The lowest BCUT2D eigenvalue weighted by molar-refractivity contribution is 0.0705. The topological polar surface area (TPSA) is 121 Å². The van der Waals surface area contributed by atoms with Crippen LogP contribution in [0.4, 0.5) is 5.69 Å². The molecule has 0 spiro atoms. The number of nitrogens with zero attached hydrogens (tertiary/aromatic N) is 3. The number of piperazine rings is 1. The normalized spacial score (nSPS) is 15.2. The first-order valence-corrected chi connectivity index (χ1v) is 11.0. The van der Waals surface area contributed by atoms with E-state index in [0.29, 0.717) is 41.5 Å². The molecule has 1 aliphatic rings. The van der Waals surface area contributed by atoms with Gasteiger partial charge in [-0.15, -0.1) is 0 Å². The molecule has 3 aromatic rings. The summed E-state index contributed by atoms with van der Waals surface area (Å²) < 4.78 is 0. The molecule has 2 aromatic carbocycles. The van der Waals surface area contributed by atoms with Crippen molar-refractivity contribution in [1.82, 2.24) is 15.2 Å². The van der Waals surface area contributed by atoms with Gasteiger partial charge in [0.25, 0.3) is 5.91 Å². The number of hydrogen-bond acceptors (Lipinski definition) is 6. The zero-order valence-electron chi connectivity index (χ0n) is 18.2. The number of nitrogens with two attached hydrogens (primary N) is 2. The Morgan fingerprint density at radius 3 is 2.70 bits per heavy atom. The van der Waals surface area contributed by atoms with Crippen LogP contribution >= 0.6 is 11.6 Å². The third-order valence-electron chi connectivity index (χ3n) is 5.25. The lowest BCUT2D eigenvalue weighted by Gasteiger charge is -2.33. The molecule has 2 heterocycles. The van der Waals surface area contributed by atoms with Gasteiger partial charge in [0.2, 0.25) is 0 Å². The van der Waals surface area contributed by atoms with Crippen molar-refractivity contribution in [1.29, 1.82) is 5.26 Å². The number of halogens is 1. The number of rotatable bonds is 4. The third-order valence-corrected chi connectivity index (χ3v) is 5.61. The summed E-state index contributed by atoms with van der Waals surface area (Å²) in [6.45, 7) is 2.61. The predicted molar refractivity (Wildman–Crippen MR) is 131 cm³/mol. The van der Waals surface area contributed by atoms with Gasteiger partial charge in [0, 0.05) is 49.6 Å². The largest absolute Gasteiger partial charge is 0.397 e. The lowest BCUT2D eigenvalue weighted by atomic mass is 10.0. The average Bonchev–Trinajstić information content (AvgIpc) is 2.86. The van der Waals surface area contributed by atoms with E-state index in [1.807, 2.05) is 24.3 Å². The molecule has 1 aliphatic heterocycles. The molecule has 1 fully saturated rings. The highest BCUT2D eigenvalue weighted by Gasteiger charge is 2.23. The third kappa shape index (κ3) is 7.02. The number of nitriles is 1. The van der Waals surface area contributed by atoms with Gasteiger partial charge in [-0.1, -0.05) is 41.9 Å². The minimum absolute atomic E-state index is 0.0373. The van der Waals surface area contributed by atoms with E-state index in [1.54, 1.807) is 23.1 Å². The van der Waals surface area contributed by atoms with Crippen molar-refractivity contribution in [2.24, 2.45) is 5.73 Å². The van der Waals surface area contributed by atoms with Gasteiger partial charge in [-0.3, -0.25) is 9.78 Å². The summed E-state index contributed by atoms with van der Waals surface area (Å²) in [4.78, 5) is 17.9. The molecular weight excluding hydrogens is 436 g/mol. The molecule has 8 heteroatoms. The summed E-state index contributed by atoms with van der Waals surface area (Å²) in [5.74, 6) is -0.0373. The van der Waals surface area contributed by atoms with Gasteiger partial charge in [0.1, 0.15) is 0 Å². The van der Waals surface area contributed by atoms with E-state index in [-0.39, 0.29) is 11.9 Å². The van der Waals surface area contributed by atoms with Gasteiger partial charge in [0.05, 0.1) is 22.9 Å². The van der Waals surface area contributed by atoms with Crippen molar-refractivity contribution in [3.63, 3.8) is 0 Å². The molecule has 0 saturated carbocycles. The van der Waals surface area contributed by atoms with E-state index >= 15 is 0 Å². The molecule has 0 bridgehead atoms. The number of nitrogens with one attached hydrogen (secondary N) is 1. The molecule has 1 saturated heterocycles. The van der Waals surface area contributed by atoms with Crippen molar-refractivity contribution in [2.75, 3.05) is 31.9 Å². The first-order valence-electron chi connectivity index (χ1n) is 10.7. The number of carbonyl (C=O) groups excluding carboxylic acids is 1. The molecular formula is C25H27ClN6O. The Balaban J connectivity index is 0.000000186. The monoisotopic (exact) mass is 462 g/mol. The van der Waals surface area contributed by atoms with Crippen LogP contribution in [0, 0.1) is 11.3 Å². The second-order valence-electron chi connectivity index (χ2n) is 7.73. The summed E-state index contributed by atoms with van der Waals surface area (Å²) in [7, 11) is 0. The minimum Gasteiger partial charge on any atom is -0.397 e. The minimum atomic E-state index is -0.0373. The maximum Gasteiger partial charge on any atom is 0.255 e. The van der Waals surface area contributed by atoms with Gasteiger partial charge in [-0.05, 0) is 41.8 Å². The highest BCUT2D eigenvalue weighted by molar-refractivity contribution is 6.31. The highest BCUT2D eigenvalue weighted by atomic mass is 35.5. The molecule has 7 nitrogen and oxygen atoms in total. The zero-order valence-corrected chi connectivity index (χ0v) is 19.0. The molecule has 0 aliphatic carbocycles. The molecule has 1 amide bonds. The van der Waals surface area contributed by atoms with E-state index in [4.69, 9.17) is 28.3 Å². The number of hydrogen-bond donors (Lipinski definition) is 3. The molecule has 1 aromatic heterocycles. The van der Waals surface area contributed by atoms with E-state index in [1.165, 1.54) is 18.0 Å². The van der Waals surface area contributed by atoms with Crippen molar-refractivity contribution in [2.45, 2.75) is 12.5 Å². The van der Waals surface area contributed by atoms with E-state index in [9.17, 15) is 4.79 Å². The molecule has 1 atom stereocenters. The highest BCUT2D eigenvalue weighted by Crippen LogP contribution is 2.20. The Kier molecular flexibility index (Phi) is 8.79. The van der Waals surface area contributed by atoms with Crippen LogP contribution in [0.1, 0.15) is 27.0 Å². The fourth-order valence-corrected chi connectivity index (χ4v) is 3.70. The Morgan fingerprint density at radius 1 is 1.21 bits per heavy atom. The fourth-order valence-electron chi connectivity index (χ4n) is 3.52. The fraction of sp³-hybridized carbons (Fsp3) is 0.240. The van der Waals surface area contributed by atoms with Crippen LogP contribution in [0.3, 0.4) is 0 Å². The predicted octanol–water partition coefficient (Wildman–Crippen LogP) is 2.84. The molecule has 33 heavy (non-hydrogen) atoms. The van der Waals surface area contributed by atoms with Crippen LogP contribution in [-0.4, -0.2) is 48.0 Å². The molecule has 170 valence electrons. The number of aromatic nitrogens is 1. The summed E-state index contributed by atoms with van der Waals surface area (Å²) in [5, 5.41) is 12.8. The quantitative estimate of drug-likeness (QED) is 0.548. The van der Waals surface area contributed by atoms with Gasteiger partial charge in [-0.25, -0.2) is 0 Å². The second kappa shape index (κ2) is 12.0. The van der Waals surface area contributed by atoms with Crippen LogP contribution in [0.15, 0.2) is 67.0 Å². The van der Waals surface area contributed by atoms with E-state index in [0.717, 1.165) is 18.5 Å². The summed E-state index contributed by atoms with van der Waals surface area (Å²) in [5.41, 5.74) is 15.1. The summed E-state index contributed by atoms with van der Waals surface area (Å²) in [6, 6.07) is 19.4.